The average molecular weight is 406 g/mol. The van der Waals surface area contributed by atoms with Crippen LogP contribution in [0.15, 0.2) is 6.07 Å². The highest BCUT2D eigenvalue weighted by molar-refractivity contribution is 7.91. The van der Waals surface area contributed by atoms with Crippen molar-refractivity contribution in [3.63, 3.8) is 0 Å². The molecule has 28 heavy (non-hydrogen) atoms. The van der Waals surface area contributed by atoms with E-state index in [0.717, 1.165) is 55.3 Å². The molecule has 0 radical (unpaired) electrons. The van der Waals surface area contributed by atoms with Crippen LogP contribution in [0, 0.1) is 0 Å². The molecule has 3 amide bonds. The summed E-state index contributed by atoms with van der Waals surface area (Å²) in [4.78, 5) is 26.5. The lowest BCUT2D eigenvalue weighted by Crippen LogP contribution is -2.45. The van der Waals surface area contributed by atoms with E-state index in [9.17, 15) is 18.0 Å². The van der Waals surface area contributed by atoms with E-state index >= 15 is 0 Å². The molecule has 0 aromatic heterocycles. The molecule has 1 heterocycles. The van der Waals surface area contributed by atoms with Crippen molar-refractivity contribution in [2.24, 2.45) is 0 Å². The highest BCUT2D eigenvalue weighted by Crippen LogP contribution is 2.38. The summed E-state index contributed by atoms with van der Waals surface area (Å²) in [6.45, 7) is 4.09. The Bertz CT molecular complexity index is 907. The number of carbonyl (C=O) groups excluding carboxylic acids is 2. The van der Waals surface area contributed by atoms with Crippen molar-refractivity contribution in [2.45, 2.75) is 70.1 Å². The highest BCUT2D eigenvalue weighted by Gasteiger charge is 2.42. The van der Waals surface area contributed by atoms with Crippen LogP contribution in [0.25, 0.3) is 0 Å². The number of sulfonamides is 1. The molecule has 1 atom stereocenters. The van der Waals surface area contributed by atoms with E-state index in [4.69, 9.17) is 0 Å². The molecule has 1 unspecified atom stereocenters. The van der Waals surface area contributed by atoms with Gasteiger partial charge in [-0.3, -0.25) is 4.79 Å². The zero-order chi connectivity index (χ0) is 20.1. The first-order chi connectivity index (χ1) is 13.3. The summed E-state index contributed by atoms with van der Waals surface area (Å²) in [5, 5.41) is 1.62. The van der Waals surface area contributed by atoms with Gasteiger partial charge in [0.15, 0.2) is 5.25 Å². The van der Waals surface area contributed by atoms with Crippen molar-refractivity contribution in [1.29, 1.82) is 0 Å². The molecule has 1 aliphatic heterocycles. The van der Waals surface area contributed by atoms with E-state index in [1.165, 1.54) is 11.1 Å². The Morgan fingerprint density at radius 1 is 1.11 bits per heavy atom. The topological polar surface area (TPSA) is 95.6 Å². The smallest absolute Gasteiger partial charge is 0.332 e. The molecule has 1 aromatic carbocycles. The van der Waals surface area contributed by atoms with Crippen LogP contribution in [0.1, 0.15) is 55.4 Å². The molecule has 1 saturated heterocycles. The maximum Gasteiger partial charge on any atom is 0.332 e. The number of urea groups is 1. The normalized spacial score (nSPS) is 21.2. The minimum absolute atomic E-state index is 0.0592. The number of nitrogens with zero attached hydrogens (tertiary/aromatic N) is 1. The van der Waals surface area contributed by atoms with Gasteiger partial charge in [0.05, 0.1) is 0 Å². The molecular formula is C20H27N3O4S. The van der Waals surface area contributed by atoms with Gasteiger partial charge < -0.3 is 10.2 Å². The number of nitrogens with one attached hydrogen (secondary N) is 2. The van der Waals surface area contributed by atoms with E-state index in [1.54, 1.807) is 4.90 Å². The first-order valence-corrected chi connectivity index (χ1v) is 11.6. The van der Waals surface area contributed by atoms with E-state index in [2.05, 4.69) is 16.1 Å². The second kappa shape index (κ2) is 7.06. The van der Waals surface area contributed by atoms with Crippen LogP contribution in [0.3, 0.4) is 0 Å². The molecule has 0 bridgehead atoms. The molecule has 7 nitrogen and oxygen atoms in total. The van der Waals surface area contributed by atoms with Gasteiger partial charge >= 0.3 is 6.03 Å². The van der Waals surface area contributed by atoms with Gasteiger partial charge in [0, 0.05) is 18.3 Å². The first kappa shape index (κ1) is 19.2. The van der Waals surface area contributed by atoms with E-state index in [0.29, 0.717) is 6.54 Å². The SMILES string of the molecule is CC(C)N1CCC(S(=O)(=O)NC(=O)Nc2c3c(cc4c2CCC4)CCC3)C1=O. The summed E-state index contributed by atoms with van der Waals surface area (Å²) in [5.74, 6) is -0.434. The minimum Gasteiger partial charge on any atom is -0.339 e. The number of fused-ring (bicyclic) bond motifs is 2. The highest BCUT2D eigenvalue weighted by atomic mass is 32.2. The van der Waals surface area contributed by atoms with Crippen LogP contribution in [-0.2, 0) is 40.5 Å². The molecule has 1 aromatic rings. The van der Waals surface area contributed by atoms with Crippen LogP contribution in [0.5, 0.6) is 0 Å². The molecule has 4 rings (SSSR count). The largest absolute Gasteiger partial charge is 0.339 e. The molecule has 3 aliphatic rings. The van der Waals surface area contributed by atoms with Crippen LogP contribution >= 0.6 is 0 Å². The van der Waals surface area contributed by atoms with Crippen molar-refractivity contribution in [3.8, 4) is 0 Å². The van der Waals surface area contributed by atoms with Crippen molar-refractivity contribution < 1.29 is 18.0 Å². The summed E-state index contributed by atoms with van der Waals surface area (Å²) >= 11 is 0. The van der Waals surface area contributed by atoms with Crippen molar-refractivity contribution >= 4 is 27.6 Å². The van der Waals surface area contributed by atoms with Crippen LogP contribution < -0.4 is 10.0 Å². The fourth-order valence-electron chi connectivity index (χ4n) is 4.78. The van der Waals surface area contributed by atoms with Gasteiger partial charge in [-0.25, -0.2) is 17.9 Å². The molecule has 152 valence electrons. The predicted molar refractivity (Wildman–Crippen MR) is 107 cm³/mol. The van der Waals surface area contributed by atoms with Gasteiger partial charge in [0.25, 0.3) is 0 Å². The third-order valence-corrected chi connectivity index (χ3v) is 7.79. The maximum absolute atomic E-state index is 12.7. The lowest BCUT2D eigenvalue weighted by Gasteiger charge is -2.21. The Labute approximate surface area is 165 Å². The van der Waals surface area contributed by atoms with E-state index < -0.39 is 27.2 Å². The number of amides is 3. The van der Waals surface area contributed by atoms with Gasteiger partial charge in [-0.05, 0) is 81.0 Å². The van der Waals surface area contributed by atoms with E-state index in [1.807, 2.05) is 13.8 Å². The zero-order valence-electron chi connectivity index (χ0n) is 16.4. The van der Waals surface area contributed by atoms with Gasteiger partial charge in [-0.2, -0.15) is 0 Å². The Kier molecular flexibility index (Phi) is 4.85. The number of hydrogen-bond donors (Lipinski definition) is 2. The fraction of sp³-hybridized carbons (Fsp3) is 0.600. The number of aryl methyl sites for hydroxylation is 2. The summed E-state index contributed by atoms with van der Waals surface area (Å²) < 4.78 is 27.4. The lowest BCUT2D eigenvalue weighted by molar-refractivity contribution is -0.128. The van der Waals surface area contributed by atoms with Crippen molar-refractivity contribution in [3.05, 3.63) is 28.3 Å². The Balaban J connectivity index is 1.52. The van der Waals surface area contributed by atoms with Crippen molar-refractivity contribution in [1.82, 2.24) is 9.62 Å². The van der Waals surface area contributed by atoms with Gasteiger partial charge in [0.2, 0.25) is 15.9 Å². The lowest BCUT2D eigenvalue weighted by atomic mass is 9.99. The Morgan fingerprint density at radius 3 is 2.25 bits per heavy atom. The fourth-order valence-corrected chi connectivity index (χ4v) is 6.05. The van der Waals surface area contributed by atoms with Crippen LogP contribution in [-0.4, -0.2) is 43.1 Å². The molecule has 0 saturated carbocycles. The van der Waals surface area contributed by atoms with Crippen molar-refractivity contribution in [2.75, 3.05) is 11.9 Å². The van der Waals surface area contributed by atoms with Crippen LogP contribution in [0.2, 0.25) is 0 Å². The first-order valence-electron chi connectivity index (χ1n) is 10.1. The number of likely N-dealkylation sites (tertiary alicyclic amines) is 1. The van der Waals surface area contributed by atoms with E-state index in [-0.39, 0.29) is 12.5 Å². The number of benzene rings is 1. The molecule has 1 fully saturated rings. The second-order valence-electron chi connectivity index (χ2n) is 8.24. The summed E-state index contributed by atoms with van der Waals surface area (Å²) in [7, 11) is -4.08. The van der Waals surface area contributed by atoms with Gasteiger partial charge in [0.1, 0.15) is 0 Å². The average Bonchev–Trinajstić information content (AvgIpc) is 3.32. The Hall–Kier alpha value is -2.09. The second-order valence-corrected chi connectivity index (χ2v) is 10.1. The molecule has 8 heteroatoms. The van der Waals surface area contributed by atoms with Gasteiger partial charge in [-0.1, -0.05) is 6.07 Å². The number of carbonyl (C=O) groups is 2. The third kappa shape index (κ3) is 3.27. The quantitative estimate of drug-likeness (QED) is 0.802. The molecule has 2 aliphatic carbocycles. The summed E-state index contributed by atoms with van der Waals surface area (Å²) in [6.07, 6.45) is 6.10. The summed E-state index contributed by atoms with van der Waals surface area (Å²) in [5.41, 5.74) is 5.58. The molecule has 2 N–H and O–H groups in total. The van der Waals surface area contributed by atoms with Crippen LogP contribution in [0.4, 0.5) is 10.5 Å². The Morgan fingerprint density at radius 2 is 1.71 bits per heavy atom. The molecule has 0 spiro atoms. The predicted octanol–water partition coefficient (Wildman–Crippen LogP) is 2.12. The number of anilines is 1. The maximum atomic E-state index is 12.7. The number of hydrogen-bond acceptors (Lipinski definition) is 4. The minimum atomic E-state index is -4.08. The third-order valence-electron chi connectivity index (χ3n) is 6.14. The molecular weight excluding hydrogens is 378 g/mol. The standard InChI is InChI=1S/C20H27N3O4S/c1-12(2)23-10-9-17(19(23)24)28(26,27)22-20(25)21-18-15-7-3-5-13(15)11-14-6-4-8-16(14)18/h11-12,17H,3-10H2,1-2H3,(H2,21,22,25). The summed E-state index contributed by atoms with van der Waals surface area (Å²) in [6, 6.07) is 1.42. The zero-order valence-corrected chi connectivity index (χ0v) is 17.2. The van der Waals surface area contributed by atoms with Gasteiger partial charge in [-0.15, -0.1) is 0 Å². The number of rotatable bonds is 4. The monoisotopic (exact) mass is 405 g/mol.